The number of thiazole rings is 1. The minimum absolute atomic E-state index is 0.340. The van der Waals surface area contributed by atoms with Gasteiger partial charge in [0, 0.05) is 17.8 Å². The van der Waals surface area contributed by atoms with Gasteiger partial charge in [0.15, 0.2) is 0 Å². The number of nitrogens with zero attached hydrogens (tertiary/aromatic N) is 2. The largest absolute Gasteiger partial charge is 0.339 e. The highest BCUT2D eigenvalue weighted by molar-refractivity contribution is 7.11. The molecule has 0 aliphatic heterocycles. The number of aromatic nitrogens is 1. The minimum atomic E-state index is 0.340. The number of aryl methyl sites for hydroxylation is 2. The van der Waals surface area contributed by atoms with E-state index in [1.807, 2.05) is 23.3 Å². The van der Waals surface area contributed by atoms with E-state index in [9.17, 15) is 4.79 Å². The van der Waals surface area contributed by atoms with Crippen LogP contribution in [0.3, 0.4) is 0 Å². The molecule has 4 rings (SSSR count). The second-order valence-corrected chi connectivity index (χ2v) is 8.19. The van der Waals surface area contributed by atoms with Crippen LogP contribution in [0.4, 0.5) is 0 Å². The molecule has 3 nitrogen and oxygen atoms in total. The Morgan fingerprint density at radius 2 is 1.90 bits per heavy atom. The maximum atomic E-state index is 12.6. The van der Waals surface area contributed by atoms with E-state index >= 15 is 0 Å². The third-order valence-corrected chi connectivity index (χ3v) is 6.72. The van der Waals surface area contributed by atoms with Gasteiger partial charge in [0.05, 0.1) is 12.2 Å². The molecule has 0 N–H and O–H groups in total. The zero-order valence-corrected chi connectivity index (χ0v) is 13.6. The smallest absolute Gasteiger partial charge is 0.226 e. The lowest BCUT2D eigenvalue weighted by atomic mass is 10.0. The van der Waals surface area contributed by atoms with Crippen LogP contribution in [0.1, 0.15) is 54.1 Å². The Hall–Kier alpha value is -0.900. The van der Waals surface area contributed by atoms with E-state index in [4.69, 9.17) is 4.98 Å². The van der Waals surface area contributed by atoms with E-state index in [0.717, 1.165) is 11.4 Å². The Morgan fingerprint density at radius 1 is 1.19 bits per heavy atom. The van der Waals surface area contributed by atoms with Crippen LogP contribution in [0, 0.1) is 17.8 Å². The van der Waals surface area contributed by atoms with Crippen molar-refractivity contribution in [3.63, 3.8) is 0 Å². The normalized spacial score (nSPS) is 30.4. The maximum absolute atomic E-state index is 12.6. The standard InChI is InChI=1S/C17H24N2OS/c1-19(17(20)16-11-6-2-3-7-12(11)16)10-15-18-13-8-4-5-9-14(13)21-15/h11-12,16H,2-10H2,1H3/t11-,12-/m1/s1. The first-order valence-electron chi connectivity index (χ1n) is 8.46. The van der Waals surface area contributed by atoms with Crippen molar-refractivity contribution in [1.29, 1.82) is 0 Å². The monoisotopic (exact) mass is 304 g/mol. The van der Waals surface area contributed by atoms with Gasteiger partial charge in [0.25, 0.3) is 0 Å². The summed E-state index contributed by atoms with van der Waals surface area (Å²) in [7, 11) is 1.97. The van der Waals surface area contributed by atoms with Crippen LogP contribution in [0.25, 0.3) is 0 Å². The maximum Gasteiger partial charge on any atom is 0.226 e. The summed E-state index contributed by atoms with van der Waals surface area (Å²) in [5.74, 6) is 2.13. The predicted octanol–water partition coefficient (Wildman–Crippen LogP) is 3.42. The molecule has 114 valence electrons. The van der Waals surface area contributed by atoms with Crippen molar-refractivity contribution in [1.82, 2.24) is 9.88 Å². The van der Waals surface area contributed by atoms with Gasteiger partial charge in [-0.3, -0.25) is 4.79 Å². The second-order valence-electron chi connectivity index (χ2n) is 7.02. The summed E-state index contributed by atoms with van der Waals surface area (Å²) >= 11 is 1.83. The number of hydrogen-bond donors (Lipinski definition) is 0. The second kappa shape index (κ2) is 5.38. The number of amides is 1. The summed E-state index contributed by atoms with van der Waals surface area (Å²) in [6, 6.07) is 0. The molecule has 21 heavy (non-hydrogen) atoms. The van der Waals surface area contributed by atoms with Gasteiger partial charge in [-0.05, 0) is 50.4 Å². The molecule has 2 saturated carbocycles. The number of hydrogen-bond acceptors (Lipinski definition) is 3. The van der Waals surface area contributed by atoms with Gasteiger partial charge in [-0.15, -0.1) is 11.3 Å². The van der Waals surface area contributed by atoms with Crippen LogP contribution < -0.4 is 0 Å². The lowest BCUT2D eigenvalue weighted by Crippen LogP contribution is -2.28. The van der Waals surface area contributed by atoms with Crippen molar-refractivity contribution in [2.75, 3.05) is 7.05 Å². The van der Waals surface area contributed by atoms with Crippen LogP contribution in [0.5, 0.6) is 0 Å². The lowest BCUT2D eigenvalue weighted by Gasteiger charge is -2.15. The fourth-order valence-electron chi connectivity index (χ4n) is 4.37. The molecule has 0 spiro atoms. The summed E-state index contributed by atoms with van der Waals surface area (Å²) in [5, 5.41) is 1.14. The van der Waals surface area contributed by atoms with Gasteiger partial charge < -0.3 is 4.90 Å². The SMILES string of the molecule is CN(Cc1nc2c(s1)CCCC2)C(=O)C1[C@@H]2CCCC[C@@H]12. The molecule has 2 fully saturated rings. The van der Waals surface area contributed by atoms with Gasteiger partial charge in [0.1, 0.15) is 5.01 Å². The highest BCUT2D eigenvalue weighted by Gasteiger charge is 2.55. The van der Waals surface area contributed by atoms with E-state index < -0.39 is 0 Å². The Morgan fingerprint density at radius 3 is 2.62 bits per heavy atom. The zero-order chi connectivity index (χ0) is 14.4. The Labute approximate surface area is 130 Å². The van der Waals surface area contributed by atoms with Crippen molar-refractivity contribution < 1.29 is 4.79 Å². The van der Waals surface area contributed by atoms with E-state index in [1.165, 1.54) is 55.5 Å². The van der Waals surface area contributed by atoms with Gasteiger partial charge in [0.2, 0.25) is 5.91 Å². The molecule has 1 aromatic heterocycles. The van der Waals surface area contributed by atoms with Crippen LogP contribution in [0.2, 0.25) is 0 Å². The van der Waals surface area contributed by atoms with E-state index in [1.54, 1.807) is 0 Å². The van der Waals surface area contributed by atoms with Gasteiger partial charge in [-0.1, -0.05) is 12.8 Å². The predicted molar refractivity (Wildman–Crippen MR) is 84.2 cm³/mol. The highest BCUT2D eigenvalue weighted by Crippen LogP contribution is 2.56. The Balaban J connectivity index is 1.40. The highest BCUT2D eigenvalue weighted by atomic mass is 32.1. The number of fused-ring (bicyclic) bond motifs is 2. The molecular formula is C17H24N2OS. The Bertz CT molecular complexity index is 517. The summed E-state index contributed by atoms with van der Waals surface area (Å²) in [5.41, 5.74) is 1.31. The van der Waals surface area contributed by atoms with E-state index in [2.05, 4.69) is 0 Å². The van der Waals surface area contributed by atoms with E-state index in [-0.39, 0.29) is 0 Å². The van der Waals surface area contributed by atoms with Crippen LogP contribution >= 0.6 is 11.3 Å². The summed E-state index contributed by atoms with van der Waals surface area (Å²) in [4.78, 5) is 20.8. The van der Waals surface area contributed by atoms with Crippen LogP contribution in [0.15, 0.2) is 0 Å². The topological polar surface area (TPSA) is 33.2 Å². The molecule has 4 heteroatoms. The molecule has 1 aromatic rings. The minimum Gasteiger partial charge on any atom is -0.339 e. The fraction of sp³-hybridized carbons (Fsp3) is 0.765. The van der Waals surface area contributed by atoms with Crippen molar-refractivity contribution in [2.24, 2.45) is 17.8 Å². The summed E-state index contributed by atoms with van der Waals surface area (Å²) in [6.45, 7) is 0.715. The number of carbonyl (C=O) groups is 1. The van der Waals surface area contributed by atoms with Crippen molar-refractivity contribution in [3.05, 3.63) is 15.6 Å². The van der Waals surface area contributed by atoms with Crippen molar-refractivity contribution in [3.8, 4) is 0 Å². The molecule has 1 amide bonds. The quantitative estimate of drug-likeness (QED) is 0.857. The molecule has 0 bridgehead atoms. The summed E-state index contributed by atoms with van der Waals surface area (Å²) < 4.78 is 0. The molecule has 0 aromatic carbocycles. The first kappa shape index (κ1) is 13.7. The van der Waals surface area contributed by atoms with Crippen LogP contribution in [-0.4, -0.2) is 22.8 Å². The number of carbonyl (C=O) groups excluding carboxylic acids is 1. The van der Waals surface area contributed by atoms with Gasteiger partial charge in [-0.25, -0.2) is 4.98 Å². The Kier molecular flexibility index (Phi) is 3.52. The fourth-order valence-corrected chi connectivity index (χ4v) is 5.58. The molecule has 0 unspecified atom stereocenters. The van der Waals surface area contributed by atoms with Crippen LogP contribution in [-0.2, 0) is 24.2 Å². The summed E-state index contributed by atoms with van der Waals surface area (Å²) in [6.07, 6.45) is 10.1. The first-order chi connectivity index (χ1) is 10.2. The van der Waals surface area contributed by atoms with Crippen molar-refractivity contribution >= 4 is 17.2 Å². The molecule has 2 atom stereocenters. The molecule has 0 saturated heterocycles. The molecule has 0 radical (unpaired) electrons. The first-order valence-corrected chi connectivity index (χ1v) is 9.28. The molecular weight excluding hydrogens is 280 g/mol. The average Bonchev–Trinajstić information content (AvgIpc) is 3.08. The average molecular weight is 304 g/mol. The molecule has 1 heterocycles. The third-order valence-electron chi connectivity index (χ3n) is 5.58. The van der Waals surface area contributed by atoms with Gasteiger partial charge in [-0.2, -0.15) is 0 Å². The third kappa shape index (κ3) is 2.52. The molecule has 3 aliphatic carbocycles. The van der Waals surface area contributed by atoms with Gasteiger partial charge >= 0.3 is 0 Å². The van der Waals surface area contributed by atoms with E-state index in [0.29, 0.717) is 30.2 Å². The molecule has 3 aliphatic rings. The lowest BCUT2D eigenvalue weighted by molar-refractivity contribution is -0.132. The zero-order valence-electron chi connectivity index (χ0n) is 12.8. The number of rotatable bonds is 3. The van der Waals surface area contributed by atoms with Crippen molar-refractivity contribution in [2.45, 2.75) is 57.9 Å².